The highest BCUT2D eigenvalue weighted by Crippen LogP contribution is 2.24. The maximum Gasteiger partial charge on any atom is 0.225 e. The van der Waals surface area contributed by atoms with Gasteiger partial charge in [0.1, 0.15) is 6.33 Å². The van der Waals surface area contributed by atoms with E-state index in [0.717, 1.165) is 28.7 Å². The molecular weight excluding hydrogens is 338 g/mol. The summed E-state index contributed by atoms with van der Waals surface area (Å²) in [6.45, 7) is 1.58. The maximum absolute atomic E-state index is 12.1. The minimum absolute atomic E-state index is 0.0262. The van der Waals surface area contributed by atoms with Gasteiger partial charge in [0, 0.05) is 23.9 Å². The maximum atomic E-state index is 12.1. The molecule has 5 nitrogen and oxygen atoms in total. The number of nitrogens with one attached hydrogen (secondary N) is 1. The van der Waals surface area contributed by atoms with Crippen LogP contribution in [0.1, 0.15) is 12.0 Å². The number of benzene rings is 2. The number of carbonyl (C=O) groups excluding carboxylic acids is 1. The summed E-state index contributed by atoms with van der Waals surface area (Å²) in [6, 6.07) is 13.8. The highest BCUT2D eigenvalue weighted by Gasteiger charge is 2.23. The van der Waals surface area contributed by atoms with E-state index in [1.165, 1.54) is 0 Å². The summed E-state index contributed by atoms with van der Waals surface area (Å²) >= 11 is 6.43. The van der Waals surface area contributed by atoms with E-state index in [4.69, 9.17) is 16.3 Å². The lowest BCUT2D eigenvalue weighted by Crippen LogP contribution is -2.30. The average Bonchev–Trinajstić information content (AvgIpc) is 3.30. The Labute approximate surface area is 150 Å². The lowest BCUT2D eigenvalue weighted by Gasteiger charge is -2.12. The highest BCUT2D eigenvalue weighted by atomic mass is 35.5. The molecule has 1 atom stereocenters. The third-order valence-corrected chi connectivity index (χ3v) is 4.87. The number of amides is 1. The van der Waals surface area contributed by atoms with Gasteiger partial charge in [-0.25, -0.2) is 4.98 Å². The van der Waals surface area contributed by atoms with Crippen LogP contribution in [-0.4, -0.2) is 28.7 Å². The van der Waals surface area contributed by atoms with Gasteiger partial charge in [0.25, 0.3) is 0 Å². The number of aromatic nitrogens is 2. The summed E-state index contributed by atoms with van der Waals surface area (Å²) in [5.41, 5.74) is 3.80. The van der Waals surface area contributed by atoms with Crippen molar-refractivity contribution in [3.05, 3.63) is 59.4 Å². The van der Waals surface area contributed by atoms with Crippen LogP contribution in [0.4, 0.5) is 0 Å². The first-order valence-electron chi connectivity index (χ1n) is 8.29. The molecule has 1 aliphatic rings. The highest BCUT2D eigenvalue weighted by molar-refractivity contribution is 6.31. The number of fused-ring (bicyclic) bond motifs is 1. The molecule has 128 valence electrons. The molecular formula is C19H18ClN3O2. The number of ether oxygens (including phenoxy) is 1. The molecule has 1 amide bonds. The van der Waals surface area contributed by atoms with E-state index in [0.29, 0.717) is 24.8 Å². The first-order chi connectivity index (χ1) is 12.2. The van der Waals surface area contributed by atoms with Crippen molar-refractivity contribution in [1.82, 2.24) is 14.9 Å². The molecule has 6 heteroatoms. The van der Waals surface area contributed by atoms with E-state index < -0.39 is 0 Å². The summed E-state index contributed by atoms with van der Waals surface area (Å²) in [7, 11) is 0. The summed E-state index contributed by atoms with van der Waals surface area (Å²) in [4.78, 5) is 16.5. The number of para-hydroxylation sites is 2. The van der Waals surface area contributed by atoms with Gasteiger partial charge in [0.2, 0.25) is 5.91 Å². The molecule has 1 saturated heterocycles. The van der Waals surface area contributed by atoms with E-state index >= 15 is 0 Å². The van der Waals surface area contributed by atoms with Crippen molar-refractivity contribution in [1.29, 1.82) is 0 Å². The van der Waals surface area contributed by atoms with Crippen LogP contribution in [0.15, 0.2) is 48.8 Å². The molecule has 0 spiro atoms. The second-order valence-corrected chi connectivity index (χ2v) is 6.56. The molecule has 1 fully saturated rings. The lowest BCUT2D eigenvalue weighted by atomic mass is 10.1. The van der Waals surface area contributed by atoms with Gasteiger partial charge in [-0.05, 0) is 36.2 Å². The third-order valence-electron chi connectivity index (χ3n) is 4.52. The molecule has 3 aromatic rings. The Morgan fingerprint density at radius 1 is 1.32 bits per heavy atom. The van der Waals surface area contributed by atoms with E-state index in [2.05, 4.69) is 10.3 Å². The minimum Gasteiger partial charge on any atom is -0.381 e. The van der Waals surface area contributed by atoms with Gasteiger partial charge in [-0.3, -0.25) is 9.36 Å². The fraction of sp³-hybridized carbons (Fsp3) is 0.263. The molecule has 1 aliphatic heterocycles. The number of nitrogens with zero attached hydrogens (tertiary/aromatic N) is 2. The van der Waals surface area contributed by atoms with Gasteiger partial charge < -0.3 is 10.1 Å². The molecule has 2 heterocycles. The van der Waals surface area contributed by atoms with Crippen molar-refractivity contribution in [2.75, 3.05) is 13.2 Å². The number of rotatable bonds is 4. The van der Waals surface area contributed by atoms with E-state index in [-0.39, 0.29) is 11.8 Å². The van der Waals surface area contributed by atoms with Gasteiger partial charge in [0.15, 0.2) is 0 Å². The molecule has 2 aromatic carbocycles. The molecule has 0 aliphatic carbocycles. The zero-order valence-electron chi connectivity index (χ0n) is 13.6. The molecule has 0 radical (unpaired) electrons. The minimum atomic E-state index is -0.0460. The summed E-state index contributed by atoms with van der Waals surface area (Å²) in [5.74, 6) is -0.0198. The van der Waals surface area contributed by atoms with Gasteiger partial charge in [-0.2, -0.15) is 0 Å². The van der Waals surface area contributed by atoms with Gasteiger partial charge in [-0.1, -0.05) is 29.8 Å². The summed E-state index contributed by atoms with van der Waals surface area (Å²) < 4.78 is 7.25. The molecule has 4 rings (SSSR count). The second-order valence-electron chi connectivity index (χ2n) is 6.16. The zero-order chi connectivity index (χ0) is 17.2. The third kappa shape index (κ3) is 3.25. The quantitative estimate of drug-likeness (QED) is 0.781. The van der Waals surface area contributed by atoms with Crippen LogP contribution < -0.4 is 5.32 Å². The Morgan fingerprint density at radius 2 is 2.20 bits per heavy atom. The number of halogens is 1. The van der Waals surface area contributed by atoms with Crippen molar-refractivity contribution in [2.45, 2.75) is 13.0 Å². The predicted octanol–water partition coefficient (Wildman–Crippen LogP) is 3.33. The molecule has 1 aromatic heterocycles. The molecule has 25 heavy (non-hydrogen) atoms. The largest absolute Gasteiger partial charge is 0.381 e. The van der Waals surface area contributed by atoms with Crippen LogP contribution in [-0.2, 0) is 16.1 Å². The number of carbonyl (C=O) groups is 1. The average molecular weight is 356 g/mol. The van der Waals surface area contributed by atoms with Crippen LogP contribution in [0.5, 0.6) is 0 Å². The van der Waals surface area contributed by atoms with Crippen molar-refractivity contribution in [2.24, 2.45) is 5.92 Å². The van der Waals surface area contributed by atoms with E-state index in [9.17, 15) is 4.79 Å². The zero-order valence-corrected chi connectivity index (χ0v) is 14.4. The number of hydrogen-bond acceptors (Lipinski definition) is 3. The van der Waals surface area contributed by atoms with E-state index in [1.54, 1.807) is 6.33 Å². The SMILES string of the molecule is O=C(NCc1ccc(-n2cnc3ccccc32)cc1Cl)[C@H]1CCOC1. The number of imidazole rings is 1. The summed E-state index contributed by atoms with van der Waals surface area (Å²) in [6.07, 6.45) is 2.57. The van der Waals surface area contributed by atoms with Crippen molar-refractivity contribution >= 4 is 28.5 Å². The Kier molecular flexibility index (Phi) is 4.42. The Morgan fingerprint density at radius 3 is 3.00 bits per heavy atom. The van der Waals surface area contributed by atoms with Crippen LogP contribution >= 0.6 is 11.6 Å². The van der Waals surface area contributed by atoms with E-state index in [1.807, 2.05) is 47.0 Å². The van der Waals surface area contributed by atoms with Crippen molar-refractivity contribution in [3.63, 3.8) is 0 Å². The molecule has 0 bridgehead atoms. The van der Waals surface area contributed by atoms with Crippen LogP contribution in [0.3, 0.4) is 0 Å². The Hall–Kier alpha value is -2.37. The number of hydrogen-bond donors (Lipinski definition) is 1. The van der Waals surface area contributed by atoms with Crippen molar-refractivity contribution < 1.29 is 9.53 Å². The fourth-order valence-electron chi connectivity index (χ4n) is 3.06. The molecule has 1 N–H and O–H groups in total. The smallest absolute Gasteiger partial charge is 0.225 e. The lowest BCUT2D eigenvalue weighted by molar-refractivity contribution is -0.125. The van der Waals surface area contributed by atoms with Crippen molar-refractivity contribution in [3.8, 4) is 5.69 Å². The van der Waals surface area contributed by atoms with Crippen LogP contribution in [0, 0.1) is 5.92 Å². The Bertz CT molecular complexity index is 916. The fourth-order valence-corrected chi connectivity index (χ4v) is 3.30. The first-order valence-corrected chi connectivity index (χ1v) is 8.66. The standard InChI is InChI=1S/C19H18ClN3O2/c20-16-9-15(23-12-22-17-3-1-2-4-18(17)23)6-5-13(16)10-21-19(24)14-7-8-25-11-14/h1-6,9,12,14H,7-8,10-11H2,(H,21,24)/t14-/m0/s1. The van der Waals surface area contributed by atoms with Gasteiger partial charge >= 0.3 is 0 Å². The second kappa shape index (κ2) is 6.86. The predicted molar refractivity (Wildman–Crippen MR) is 96.9 cm³/mol. The molecule has 0 unspecified atom stereocenters. The van der Waals surface area contributed by atoms with Gasteiger partial charge in [-0.15, -0.1) is 0 Å². The van der Waals surface area contributed by atoms with Gasteiger partial charge in [0.05, 0.1) is 23.6 Å². The topological polar surface area (TPSA) is 56.2 Å². The monoisotopic (exact) mass is 355 g/mol. The normalized spacial score (nSPS) is 17.1. The van der Waals surface area contributed by atoms with Crippen LogP contribution in [0.2, 0.25) is 5.02 Å². The first kappa shape index (κ1) is 16.1. The molecule has 0 saturated carbocycles. The summed E-state index contributed by atoms with van der Waals surface area (Å²) in [5, 5.41) is 3.57. The Balaban J connectivity index is 1.51. The van der Waals surface area contributed by atoms with Crippen LogP contribution in [0.25, 0.3) is 16.7 Å².